The predicted molar refractivity (Wildman–Crippen MR) is 90.6 cm³/mol. The van der Waals surface area contributed by atoms with Gasteiger partial charge in [0.05, 0.1) is 4.88 Å². The third kappa shape index (κ3) is 3.81. The topological polar surface area (TPSA) is 20.3 Å². The fourth-order valence-electron chi connectivity index (χ4n) is 2.26. The van der Waals surface area contributed by atoms with Crippen LogP contribution in [-0.2, 0) is 6.42 Å². The van der Waals surface area contributed by atoms with E-state index in [0.717, 1.165) is 24.3 Å². The average Bonchev–Trinajstić information content (AvgIpc) is 2.76. The van der Waals surface area contributed by atoms with Crippen LogP contribution in [0.1, 0.15) is 35.0 Å². The Hall–Kier alpha value is -0.900. The summed E-state index contributed by atoms with van der Waals surface area (Å²) in [6.07, 6.45) is 2.68. The molecule has 110 valence electrons. The largest absolute Gasteiger partial charge is 0.309 e. The Labute approximate surface area is 131 Å². The second-order valence-electron chi connectivity index (χ2n) is 5.13. The van der Waals surface area contributed by atoms with Gasteiger partial charge in [-0.25, -0.2) is 0 Å². The van der Waals surface area contributed by atoms with Crippen LogP contribution in [-0.4, -0.2) is 31.3 Å². The normalized spacial score (nSPS) is 10.8. The number of rotatable bonds is 6. The molecule has 20 heavy (non-hydrogen) atoms. The van der Waals surface area contributed by atoms with Crippen LogP contribution in [0.15, 0.2) is 24.3 Å². The molecule has 0 radical (unpaired) electrons. The molecule has 0 atom stereocenters. The van der Waals surface area contributed by atoms with Crippen molar-refractivity contribution in [3.05, 3.63) is 34.7 Å². The molecule has 1 aromatic carbocycles. The van der Waals surface area contributed by atoms with Crippen molar-refractivity contribution in [2.24, 2.45) is 0 Å². The van der Waals surface area contributed by atoms with Gasteiger partial charge in [-0.3, -0.25) is 4.79 Å². The first-order valence-corrected chi connectivity index (χ1v) is 7.63. The molecule has 0 N–H and O–H groups in total. The summed E-state index contributed by atoms with van der Waals surface area (Å²) in [4.78, 5) is 15.4. The van der Waals surface area contributed by atoms with Crippen molar-refractivity contribution >= 4 is 39.6 Å². The van der Waals surface area contributed by atoms with E-state index in [9.17, 15) is 4.79 Å². The zero-order chi connectivity index (χ0) is 13.8. The number of nitrogens with zero attached hydrogens (tertiary/aromatic N) is 1. The molecule has 4 heteroatoms. The Balaban J connectivity index is 0.00000200. The van der Waals surface area contributed by atoms with Crippen LogP contribution in [0.4, 0.5) is 0 Å². The fraction of sp³-hybridized carbons (Fsp3) is 0.438. The fourth-order valence-corrected chi connectivity index (χ4v) is 3.48. The number of carbonyl (C=O) groups is 1. The van der Waals surface area contributed by atoms with E-state index in [2.05, 4.69) is 30.0 Å². The molecule has 0 saturated heterocycles. The second kappa shape index (κ2) is 7.77. The molecule has 0 bridgehead atoms. The smallest absolute Gasteiger partial charge is 0.174 e. The van der Waals surface area contributed by atoms with Crippen LogP contribution in [0.2, 0.25) is 0 Å². The molecule has 0 aliphatic heterocycles. The summed E-state index contributed by atoms with van der Waals surface area (Å²) in [7, 11) is 4.01. The predicted octanol–water partition coefficient (Wildman–Crippen LogP) is 4.41. The number of halogens is 1. The van der Waals surface area contributed by atoms with Crippen molar-refractivity contribution in [1.82, 2.24) is 4.90 Å². The Morgan fingerprint density at radius 1 is 1.25 bits per heavy atom. The highest BCUT2D eigenvalue weighted by atomic mass is 35.5. The summed E-state index contributed by atoms with van der Waals surface area (Å²) in [6, 6.07) is 8.35. The molecule has 2 aromatic rings. The van der Waals surface area contributed by atoms with E-state index in [1.54, 1.807) is 11.3 Å². The minimum Gasteiger partial charge on any atom is -0.309 e. The maximum atomic E-state index is 12.4. The van der Waals surface area contributed by atoms with Gasteiger partial charge in [0.1, 0.15) is 0 Å². The molecule has 0 unspecified atom stereocenters. The zero-order valence-corrected chi connectivity index (χ0v) is 13.9. The summed E-state index contributed by atoms with van der Waals surface area (Å²) >= 11 is 1.66. The van der Waals surface area contributed by atoms with Gasteiger partial charge in [-0.2, -0.15) is 0 Å². The minimum atomic E-state index is 0. The molecule has 0 fully saturated rings. The van der Waals surface area contributed by atoms with E-state index in [4.69, 9.17) is 0 Å². The van der Waals surface area contributed by atoms with Gasteiger partial charge in [0.2, 0.25) is 0 Å². The van der Waals surface area contributed by atoms with Gasteiger partial charge >= 0.3 is 0 Å². The molecule has 0 spiro atoms. The van der Waals surface area contributed by atoms with Gasteiger partial charge in [0.25, 0.3) is 0 Å². The van der Waals surface area contributed by atoms with Crippen LogP contribution < -0.4 is 0 Å². The number of carbonyl (C=O) groups excluding carboxylic acids is 1. The first kappa shape index (κ1) is 17.2. The van der Waals surface area contributed by atoms with E-state index in [0.29, 0.717) is 12.2 Å². The van der Waals surface area contributed by atoms with Crippen LogP contribution in [0.3, 0.4) is 0 Å². The van der Waals surface area contributed by atoms with E-state index in [-0.39, 0.29) is 12.4 Å². The number of benzene rings is 1. The van der Waals surface area contributed by atoms with Crippen molar-refractivity contribution in [3.63, 3.8) is 0 Å². The van der Waals surface area contributed by atoms with Crippen molar-refractivity contribution in [2.75, 3.05) is 20.6 Å². The molecular formula is C16H22ClNOS. The van der Waals surface area contributed by atoms with Gasteiger partial charge in [-0.1, -0.05) is 31.5 Å². The van der Waals surface area contributed by atoms with Gasteiger partial charge in [-0.15, -0.1) is 23.7 Å². The van der Waals surface area contributed by atoms with Crippen molar-refractivity contribution in [2.45, 2.75) is 26.2 Å². The van der Waals surface area contributed by atoms with Gasteiger partial charge < -0.3 is 4.90 Å². The molecule has 0 saturated carbocycles. The van der Waals surface area contributed by atoms with Gasteiger partial charge in [-0.05, 0) is 37.5 Å². The highest BCUT2D eigenvalue weighted by Gasteiger charge is 2.17. The summed E-state index contributed by atoms with van der Waals surface area (Å²) in [5.41, 5.74) is 1.26. The van der Waals surface area contributed by atoms with Crippen LogP contribution in [0, 0.1) is 0 Å². The number of hydrogen-bond donors (Lipinski definition) is 0. The monoisotopic (exact) mass is 311 g/mol. The molecular weight excluding hydrogens is 290 g/mol. The first-order valence-electron chi connectivity index (χ1n) is 6.81. The third-order valence-electron chi connectivity index (χ3n) is 3.24. The molecule has 2 rings (SSSR count). The van der Waals surface area contributed by atoms with E-state index >= 15 is 0 Å². The zero-order valence-electron chi connectivity index (χ0n) is 12.3. The standard InChI is InChI=1S/C16H21NOS.ClH/c1-4-7-13-12-8-5-6-9-15(12)19-16(13)14(18)10-11-17(2)3;/h5-6,8-9H,4,7,10-11H2,1-3H3;1H. The lowest BCUT2D eigenvalue weighted by Crippen LogP contribution is -2.16. The quantitative estimate of drug-likeness (QED) is 0.736. The summed E-state index contributed by atoms with van der Waals surface area (Å²) in [6.45, 7) is 2.99. The Morgan fingerprint density at radius 2 is 1.95 bits per heavy atom. The van der Waals surface area contributed by atoms with E-state index < -0.39 is 0 Å². The highest BCUT2D eigenvalue weighted by molar-refractivity contribution is 7.21. The molecule has 0 aliphatic rings. The Bertz CT molecular complexity index is 577. The molecule has 1 heterocycles. The lowest BCUT2D eigenvalue weighted by atomic mass is 10.0. The first-order chi connectivity index (χ1) is 9.13. The Morgan fingerprint density at radius 3 is 2.60 bits per heavy atom. The summed E-state index contributed by atoms with van der Waals surface area (Å²) < 4.78 is 1.24. The molecule has 0 aliphatic carbocycles. The number of Topliss-reactive ketones (excluding diaryl/α,β-unsaturated/α-hetero) is 1. The third-order valence-corrected chi connectivity index (χ3v) is 4.49. The number of thiophene rings is 1. The van der Waals surface area contributed by atoms with Crippen LogP contribution in [0.25, 0.3) is 10.1 Å². The maximum absolute atomic E-state index is 12.4. The minimum absolute atomic E-state index is 0. The number of fused-ring (bicyclic) bond motifs is 1. The van der Waals surface area contributed by atoms with E-state index in [1.165, 1.54) is 15.6 Å². The van der Waals surface area contributed by atoms with Crippen LogP contribution >= 0.6 is 23.7 Å². The molecule has 0 amide bonds. The summed E-state index contributed by atoms with van der Waals surface area (Å²) in [5, 5.41) is 1.27. The van der Waals surface area contributed by atoms with Crippen LogP contribution in [0.5, 0.6) is 0 Å². The maximum Gasteiger partial charge on any atom is 0.174 e. The number of hydrogen-bond acceptors (Lipinski definition) is 3. The summed E-state index contributed by atoms with van der Waals surface area (Å²) in [5.74, 6) is 0.290. The number of aryl methyl sites for hydroxylation is 1. The molecule has 2 nitrogen and oxygen atoms in total. The Kier molecular flexibility index (Phi) is 6.66. The lowest BCUT2D eigenvalue weighted by Gasteiger charge is -2.08. The van der Waals surface area contributed by atoms with E-state index in [1.807, 2.05) is 20.2 Å². The van der Waals surface area contributed by atoms with Crippen molar-refractivity contribution < 1.29 is 4.79 Å². The molecule has 1 aromatic heterocycles. The number of ketones is 1. The van der Waals surface area contributed by atoms with Crippen molar-refractivity contribution in [1.29, 1.82) is 0 Å². The van der Waals surface area contributed by atoms with Gasteiger partial charge in [0.15, 0.2) is 5.78 Å². The SMILES string of the molecule is CCCc1c(C(=O)CCN(C)C)sc2ccccc12.Cl. The van der Waals surface area contributed by atoms with Crippen molar-refractivity contribution in [3.8, 4) is 0 Å². The van der Waals surface area contributed by atoms with Gasteiger partial charge in [0, 0.05) is 17.7 Å². The second-order valence-corrected chi connectivity index (χ2v) is 6.18. The average molecular weight is 312 g/mol. The lowest BCUT2D eigenvalue weighted by molar-refractivity contribution is 0.0976. The highest BCUT2D eigenvalue weighted by Crippen LogP contribution is 2.33.